The first-order valence-corrected chi connectivity index (χ1v) is 5.87. The van der Waals surface area contributed by atoms with Crippen LogP contribution in [0.1, 0.15) is 22.7 Å². The van der Waals surface area contributed by atoms with Gasteiger partial charge in [0.1, 0.15) is 0 Å². The lowest BCUT2D eigenvalue weighted by Crippen LogP contribution is -2.36. The lowest BCUT2D eigenvalue weighted by molar-refractivity contribution is 0.380. The molecule has 1 atom stereocenters. The van der Waals surface area contributed by atoms with E-state index in [0.717, 1.165) is 13.1 Å². The van der Waals surface area contributed by atoms with Crippen molar-refractivity contribution >= 4 is 5.96 Å². The summed E-state index contributed by atoms with van der Waals surface area (Å²) in [6, 6.07) is 6.86. The SMILES string of the molecule is C=CCN1C(N)=NCC1c1cc(C)cc(C)c1. The zero-order valence-electron chi connectivity index (χ0n) is 10.5. The molecule has 90 valence electrons. The Morgan fingerprint density at radius 3 is 2.65 bits per heavy atom. The molecule has 2 rings (SSSR count). The second-order valence-electron chi connectivity index (χ2n) is 4.58. The Bertz CT molecular complexity index is 442. The van der Waals surface area contributed by atoms with Gasteiger partial charge in [-0.25, -0.2) is 0 Å². The lowest BCUT2D eigenvalue weighted by Gasteiger charge is -2.25. The fourth-order valence-electron chi connectivity index (χ4n) is 2.38. The van der Waals surface area contributed by atoms with Gasteiger partial charge >= 0.3 is 0 Å². The van der Waals surface area contributed by atoms with E-state index in [1.807, 2.05) is 6.08 Å². The third-order valence-electron chi connectivity index (χ3n) is 3.05. The predicted molar refractivity (Wildman–Crippen MR) is 72.0 cm³/mol. The summed E-state index contributed by atoms with van der Waals surface area (Å²) in [5, 5.41) is 0. The molecule has 1 aliphatic heterocycles. The van der Waals surface area contributed by atoms with E-state index in [2.05, 4.69) is 48.5 Å². The number of aryl methyl sites for hydroxylation is 2. The van der Waals surface area contributed by atoms with E-state index < -0.39 is 0 Å². The summed E-state index contributed by atoms with van der Waals surface area (Å²) < 4.78 is 0. The van der Waals surface area contributed by atoms with Crippen molar-refractivity contribution in [2.24, 2.45) is 10.7 Å². The number of rotatable bonds is 3. The summed E-state index contributed by atoms with van der Waals surface area (Å²) in [5.74, 6) is 0.619. The highest BCUT2D eigenvalue weighted by Crippen LogP contribution is 2.26. The van der Waals surface area contributed by atoms with Crippen molar-refractivity contribution in [2.45, 2.75) is 19.9 Å². The monoisotopic (exact) mass is 229 g/mol. The van der Waals surface area contributed by atoms with Crippen molar-refractivity contribution in [3.8, 4) is 0 Å². The van der Waals surface area contributed by atoms with Gasteiger partial charge in [0.05, 0.1) is 12.6 Å². The molecule has 1 aromatic rings. The van der Waals surface area contributed by atoms with E-state index in [-0.39, 0.29) is 6.04 Å². The number of benzene rings is 1. The normalized spacial score (nSPS) is 19.3. The van der Waals surface area contributed by atoms with E-state index >= 15 is 0 Å². The van der Waals surface area contributed by atoms with Gasteiger partial charge in [0.2, 0.25) is 0 Å². The smallest absolute Gasteiger partial charge is 0.192 e. The molecule has 1 unspecified atom stereocenters. The minimum atomic E-state index is 0.256. The average Bonchev–Trinajstić information content (AvgIpc) is 2.60. The van der Waals surface area contributed by atoms with E-state index in [0.29, 0.717) is 5.96 Å². The van der Waals surface area contributed by atoms with E-state index in [4.69, 9.17) is 5.73 Å². The van der Waals surface area contributed by atoms with Gasteiger partial charge in [0.25, 0.3) is 0 Å². The molecular weight excluding hydrogens is 210 g/mol. The predicted octanol–water partition coefficient (Wildman–Crippen LogP) is 2.16. The molecule has 3 nitrogen and oxygen atoms in total. The highest BCUT2D eigenvalue weighted by molar-refractivity contribution is 5.80. The molecule has 0 aliphatic carbocycles. The molecule has 0 spiro atoms. The summed E-state index contributed by atoms with van der Waals surface area (Å²) in [5.41, 5.74) is 9.75. The minimum absolute atomic E-state index is 0.256. The van der Waals surface area contributed by atoms with Crippen LogP contribution in [0.3, 0.4) is 0 Å². The molecule has 1 aromatic carbocycles. The van der Waals surface area contributed by atoms with Crippen molar-refractivity contribution in [3.05, 3.63) is 47.5 Å². The van der Waals surface area contributed by atoms with Crippen LogP contribution >= 0.6 is 0 Å². The van der Waals surface area contributed by atoms with Crippen LogP contribution in [0.5, 0.6) is 0 Å². The highest BCUT2D eigenvalue weighted by atomic mass is 15.3. The first-order chi connectivity index (χ1) is 8.11. The van der Waals surface area contributed by atoms with E-state index in [1.165, 1.54) is 16.7 Å². The Labute approximate surface area is 103 Å². The van der Waals surface area contributed by atoms with E-state index in [9.17, 15) is 0 Å². The van der Waals surface area contributed by atoms with Gasteiger partial charge in [-0.1, -0.05) is 35.4 Å². The van der Waals surface area contributed by atoms with Gasteiger partial charge < -0.3 is 10.6 Å². The van der Waals surface area contributed by atoms with Gasteiger partial charge in [-0.2, -0.15) is 0 Å². The van der Waals surface area contributed by atoms with Crippen LogP contribution < -0.4 is 5.73 Å². The number of guanidine groups is 1. The molecule has 1 heterocycles. The fourth-order valence-corrected chi connectivity index (χ4v) is 2.38. The zero-order valence-corrected chi connectivity index (χ0v) is 10.5. The van der Waals surface area contributed by atoms with Crippen LogP contribution in [0.4, 0.5) is 0 Å². The van der Waals surface area contributed by atoms with Gasteiger partial charge in [-0.3, -0.25) is 4.99 Å². The lowest BCUT2D eigenvalue weighted by atomic mass is 10.0. The van der Waals surface area contributed by atoms with Crippen LogP contribution in [-0.2, 0) is 0 Å². The number of nitrogens with two attached hydrogens (primary N) is 1. The zero-order chi connectivity index (χ0) is 12.4. The second-order valence-corrected chi connectivity index (χ2v) is 4.58. The molecule has 0 radical (unpaired) electrons. The topological polar surface area (TPSA) is 41.6 Å². The summed E-state index contributed by atoms with van der Waals surface area (Å²) in [6.45, 7) is 9.49. The van der Waals surface area contributed by atoms with Crippen LogP contribution in [0, 0.1) is 13.8 Å². The maximum absolute atomic E-state index is 5.90. The molecular formula is C14H19N3. The highest BCUT2D eigenvalue weighted by Gasteiger charge is 2.26. The Morgan fingerprint density at radius 2 is 2.06 bits per heavy atom. The maximum Gasteiger partial charge on any atom is 0.192 e. The van der Waals surface area contributed by atoms with Crippen molar-refractivity contribution in [3.63, 3.8) is 0 Å². The summed E-state index contributed by atoms with van der Waals surface area (Å²) >= 11 is 0. The van der Waals surface area contributed by atoms with Crippen molar-refractivity contribution in [1.82, 2.24) is 4.90 Å². The number of aliphatic imine (C=N–C) groups is 1. The third kappa shape index (κ3) is 2.33. The number of hydrogen-bond donors (Lipinski definition) is 1. The van der Waals surface area contributed by atoms with Gasteiger partial charge in [-0.15, -0.1) is 6.58 Å². The van der Waals surface area contributed by atoms with Gasteiger partial charge in [-0.05, 0) is 19.4 Å². The molecule has 1 aliphatic rings. The largest absolute Gasteiger partial charge is 0.370 e. The molecule has 17 heavy (non-hydrogen) atoms. The molecule has 0 fully saturated rings. The molecule has 2 N–H and O–H groups in total. The van der Waals surface area contributed by atoms with Crippen molar-refractivity contribution in [1.29, 1.82) is 0 Å². The fraction of sp³-hybridized carbons (Fsp3) is 0.357. The molecule has 0 aromatic heterocycles. The first-order valence-electron chi connectivity index (χ1n) is 5.87. The van der Waals surface area contributed by atoms with Crippen LogP contribution in [0.2, 0.25) is 0 Å². The molecule has 3 heteroatoms. The molecule has 0 bridgehead atoms. The molecule has 0 amide bonds. The van der Waals surface area contributed by atoms with Gasteiger partial charge in [0.15, 0.2) is 5.96 Å². The first kappa shape index (κ1) is 11.7. The standard InChI is InChI=1S/C14H19N3/c1-4-5-17-13(9-16-14(17)15)12-7-10(2)6-11(3)8-12/h4,6-8,13H,1,5,9H2,2-3H3,(H2,15,16). The second kappa shape index (κ2) is 4.62. The maximum atomic E-state index is 5.90. The molecule has 0 saturated carbocycles. The number of hydrogen-bond acceptors (Lipinski definition) is 3. The molecule has 0 saturated heterocycles. The quantitative estimate of drug-likeness (QED) is 0.807. The minimum Gasteiger partial charge on any atom is -0.370 e. The van der Waals surface area contributed by atoms with Crippen molar-refractivity contribution < 1.29 is 0 Å². The van der Waals surface area contributed by atoms with Gasteiger partial charge in [0, 0.05) is 6.54 Å². The third-order valence-corrected chi connectivity index (χ3v) is 3.05. The average molecular weight is 229 g/mol. The van der Waals surface area contributed by atoms with Crippen LogP contribution in [0.25, 0.3) is 0 Å². The van der Waals surface area contributed by atoms with Crippen LogP contribution in [0.15, 0.2) is 35.8 Å². The Balaban J connectivity index is 2.30. The van der Waals surface area contributed by atoms with Crippen LogP contribution in [-0.4, -0.2) is 23.9 Å². The Hall–Kier alpha value is -1.77. The Morgan fingerprint density at radius 1 is 1.41 bits per heavy atom. The summed E-state index contributed by atoms with van der Waals surface area (Å²) in [6.07, 6.45) is 1.86. The van der Waals surface area contributed by atoms with Crippen molar-refractivity contribution in [2.75, 3.05) is 13.1 Å². The summed E-state index contributed by atoms with van der Waals surface area (Å²) in [7, 11) is 0. The number of nitrogens with zero attached hydrogens (tertiary/aromatic N) is 2. The summed E-state index contributed by atoms with van der Waals surface area (Å²) in [4.78, 5) is 6.42. The van der Waals surface area contributed by atoms with E-state index in [1.54, 1.807) is 0 Å². The Kier molecular flexibility index (Phi) is 3.18.